The Morgan fingerprint density at radius 1 is 1.00 bits per heavy atom. The predicted molar refractivity (Wildman–Crippen MR) is 56.8 cm³/mol. The second-order valence-electron chi connectivity index (χ2n) is 3.48. The average Bonchev–Trinajstić information content (AvgIpc) is 2.29. The third-order valence-corrected chi connectivity index (χ3v) is 2.24. The van der Waals surface area contributed by atoms with Crippen LogP contribution in [0, 0.1) is 11.3 Å². The molecule has 0 atom stereocenters. The molecule has 15 heavy (non-hydrogen) atoms. The SMILES string of the molecule is N#CCCCCCCCc1ncncn1. The fourth-order valence-corrected chi connectivity index (χ4v) is 1.41. The first-order valence-electron chi connectivity index (χ1n) is 5.41. The molecule has 0 saturated carbocycles. The van der Waals surface area contributed by atoms with E-state index in [1.165, 1.54) is 25.5 Å². The summed E-state index contributed by atoms with van der Waals surface area (Å²) in [6.07, 6.45) is 10.4. The van der Waals surface area contributed by atoms with Gasteiger partial charge in [0.2, 0.25) is 0 Å². The summed E-state index contributed by atoms with van der Waals surface area (Å²) < 4.78 is 0. The summed E-state index contributed by atoms with van der Waals surface area (Å²) in [5.74, 6) is 0.877. The molecule has 0 fully saturated rings. The Morgan fingerprint density at radius 2 is 1.67 bits per heavy atom. The van der Waals surface area contributed by atoms with Crippen LogP contribution in [0.3, 0.4) is 0 Å². The molecule has 0 aromatic carbocycles. The van der Waals surface area contributed by atoms with Gasteiger partial charge >= 0.3 is 0 Å². The highest BCUT2D eigenvalue weighted by atomic mass is 15.0. The Labute approximate surface area is 90.4 Å². The van der Waals surface area contributed by atoms with Gasteiger partial charge in [-0.15, -0.1) is 0 Å². The standard InChI is InChI=1S/C11H16N4/c12-8-6-4-2-1-3-5-7-11-14-9-13-10-15-11/h9-10H,1-7H2. The minimum atomic E-state index is 0.688. The van der Waals surface area contributed by atoms with E-state index in [0.717, 1.165) is 31.5 Å². The van der Waals surface area contributed by atoms with Crippen molar-refractivity contribution in [2.24, 2.45) is 0 Å². The Kier molecular flexibility index (Phi) is 6.07. The van der Waals surface area contributed by atoms with Crippen LogP contribution in [0.5, 0.6) is 0 Å². The highest BCUT2D eigenvalue weighted by Gasteiger charge is 1.95. The molecular formula is C11H16N4. The van der Waals surface area contributed by atoms with Gasteiger partial charge in [0.15, 0.2) is 0 Å². The Morgan fingerprint density at radius 3 is 2.40 bits per heavy atom. The van der Waals surface area contributed by atoms with Crippen LogP contribution in [0.2, 0.25) is 0 Å². The third kappa shape index (κ3) is 5.74. The summed E-state index contributed by atoms with van der Waals surface area (Å²) in [6.45, 7) is 0. The summed E-state index contributed by atoms with van der Waals surface area (Å²) >= 11 is 0. The monoisotopic (exact) mass is 204 g/mol. The molecule has 1 heterocycles. The van der Waals surface area contributed by atoms with Crippen LogP contribution < -0.4 is 0 Å². The van der Waals surface area contributed by atoms with Crippen LogP contribution in [-0.4, -0.2) is 15.0 Å². The maximum absolute atomic E-state index is 8.35. The molecule has 0 saturated heterocycles. The summed E-state index contributed by atoms with van der Waals surface area (Å²) in [6, 6.07) is 2.16. The molecule has 0 aliphatic rings. The number of unbranched alkanes of at least 4 members (excludes halogenated alkanes) is 5. The lowest BCUT2D eigenvalue weighted by Gasteiger charge is -1.99. The van der Waals surface area contributed by atoms with Gasteiger partial charge in [0.25, 0.3) is 0 Å². The maximum atomic E-state index is 8.35. The van der Waals surface area contributed by atoms with Gasteiger partial charge in [-0.25, -0.2) is 15.0 Å². The van der Waals surface area contributed by atoms with E-state index >= 15 is 0 Å². The molecule has 0 radical (unpaired) electrons. The van der Waals surface area contributed by atoms with E-state index in [-0.39, 0.29) is 0 Å². The second-order valence-corrected chi connectivity index (χ2v) is 3.48. The third-order valence-electron chi connectivity index (χ3n) is 2.24. The first-order chi connectivity index (χ1) is 7.43. The van der Waals surface area contributed by atoms with Crippen molar-refractivity contribution in [3.63, 3.8) is 0 Å². The lowest BCUT2D eigenvalue weighted by Crippen LogP contribution is -1.94. The summed E-state index contributed by atoms with van der Waals surface area (Å²) in [4.78, 5) is 11.9. The van der Waals surface area contributed by atoms with E-state index in [9.17, 15) is 0 Å². The quantitative estimate of drug-likeness (QED) is 0.639. The predicted octanol–water partition coefficient (Wildman–Crippen LogP) is 2.28. The van der Waals surface area contributed by atoms with Gasteiger partial charge in [-0.05, 0) is 12.8 Å². The van der Waals surface area contributed by atoms with Crippen LogP contribution in [0.1, 0.15) is 44.3 Å². The van der Waals surface area contributed by atoms with Crippen molar-refractivity contribution in [1.29, 1.82) is 5.26 Å². The van der Waals surface area contributed by atoms with Gasteiger partial charge in [0.05, 0.1) is 6.07 Å². The zero-order valence-corrected chi connectivity index (χ0v) is 8.89. The van der Waals surface area contributed by atoms with Gasteiger partial charge in [-0.3, -0.25) is 0 Å². The van der Waals surface area contributed by atoms with E-state index < -0.39 is 0 Å². The molecule has 1 aromatic rings. The first kappa shape index (κ1) is 11.6. The van der Waals surface area contributed by atoms with E-state index in [1.54, 1.807) is 0 Å². The number of rotatable bonds is 7. The molecule has 0 bridgehead atoms. The molecule has 0 amide bonds. The second kappa shape index (κ2) is 7.86. The molecular weight excluding hydrogens is 188 g/mol. The van der Waals surface area contributed by atoms with Crippen LogP contribution in [0.25, 0.3) is 0 Å². The zero-order chi connectivity index (χ0) is 10.8. The number of nitrogens with zero attached hydrogens (tertiary/aromatic N) is 4. The van der Waals surface area contributed by atoms with Gasteiger partial charge in [-0.2, -0.15) is 5.26 Å². The fraction of sp³-hybridized carbons (Fsp3) is 0.636. The van der Waals surface area contributed by atoms with Crippen LogP contribution in [-0.2, 0) is 6.42 Å². The molecule has 1 aromatic heterocycles. The minimum absolute atomic E-state index is 0.688. The maximum Gasteiger partial charge on any atom is 0.131 e. The summed E-state index contributed by atoms with van der Waals surface area (Å²) in [5, 5.41) is 8.35. The largest absolute Gasteiger partial charge is 0.225 e. The number of aryl methyl sites for hydroxylation is 1. The summed E-state index contributed by atoms with van der Waals surface area (Å²) in [5.41, 5.74) is 0. The highest BCUT2D eigenvalue weighted by molar-refractivity contribution is 4.80. The lowest BCUT2D eigenvalue weighted by molar-refractivity contribution is 0.610. The molecule has 0 aliphatic carbocycles. The molecule has 0 aliphatic heterocycles. The molecule has 4 heteroatoms. The van der Waals surface area contributed by atoms with Crippen molar-refractivity contribution in [3.8, 4) is 6.07 Å². The van der Waals surface area contributed by atoms with Crippen LogP contribution >= 0.6 is 0 Å². The lowest BCUT2D eigenvalue weighted by atomic mass is 10.1. The van der Waals surface area contributed by atoms with Crippen molar-refractivity contribution in [3.05, 3.63) is 18.5 Å². The van der Waals surface area contributed by atoms with Crippen molar-refractivity contribution in [1.82, 2.24) is 15.0 Å². The minimum Gasteiger partial charge on any atom is -0.225 e. The van der Waals surface area contributed by atoms with Gasteiger partial charge in [0.1, 0.15) is 18.5 Å². The normalized spacial score (nSPS) is 9.80. The summed E-state index contributed by atoms with van der Waals surface area (Å²) in [7, 11) is 0. The van der Waals surface area contributed by atoms with Crippen LogP contribution in [0.15, 0.2) is 12.7 Å². The van der Waals surface area contributed by atoms with Crippen molar-refractivity contribution in [2.45, 2.75) is 44.9 Å². The van der Waals surface area contributed by atoms with Gasteiger partial charge < -0.3 is 0 Å². The Bertz CT molecular complexity index is 291. The molecule has 0 N–H and O–H groups in total. The van der Waals surface area contributed by atoms with E-state index in [2.05, 4.69) is 21.0 Å². The zero-order valence-electron chi connectivity index (χ0n) is 8.89. The smallest absolute Gasteiger partial charge is 0.131 e. The van der Waals surface area contributed by atoms with Crippen molar-refractivity contribution in [2.75, 3.05) is 0 Å². The highest BCUT2D eigenvalue weighted by Crippen LogP contribution is 2.06. The molecule has 0 unspecified atom stereocenters. The number of aromatic nitrogens is 3. The topological polar surface area (TPSA) is 62.5 Å². The van der Waals surface area contributed by atoms with E-state index in [0.29, 0.717) is 6.42 Å². The van der Waals surface area contributed by atoms with Crippen molar-refractivity contribution < 1.29 is 0 Å². The molecule has 1 rings (SSSR count). The average molecular weight is 204 g/mol. The van der Waals surface area contributed by atoms with Gasteiger partial charge in [0, 0.05) is 12.8 Å². The Balaban J connectivity index is 1.96. The molecule has 0 spiro atoms. The van der Waals surface area contributed by atoms with E-state index in [1.807, 2.05) is 0 Å². The van der Waals surface area contributed by atoms with Gasteiger partial charge in [-0.1, -0.05) is 19.3 Å². The molecule has 80 valence electrons. The first-order valence-corrected chi connectivity index (χ1v) is 5.41. The fourth-order valence-electron chi connectivity index (χ4n) is 1.41. The number of nitriles is 1. The Hall–Kier alpha value is -1.50. The number of hydrogen-bond acceptors (Lipinski definition) is 4. The van der Waals surface area contributed by atoms with Crippen LogP contribution in [0.4, 0.5) is 0 Å². The number of hydrogen-bond donors (Lipinski definition) is 0. The molecule has 4 nitrogen and oxygen atoms in total. The van der Waals surface area contributed by atoms with E-state index in [4.69, 9.17) is 5.26 Å². The van der Waals surface area contributed by atoms with Crippen molar-refractivity contribution >= 4 is 0 Å².